The van der Waals surface area contributed by atoms with Gasteiger partial charge in [0.15, 0.2) is 11.4 Å². The van der Waals surface area contributed by atoms with Gasteiger partial charge < -0.3 is 18.9 Å². The number of hydrogen-bond donors (Lipinski definition) is 0. The summed E-state index contributed by atoms with van der Waals surface area (Å²) in [7, 11) is -14.8. The van der Waals surface area contributed by atoms with Crippen molar-refractivity contribution in [1.29, 1.82) is 0 Å². The van der Waals surface area contributed by atoms with Gasteiger partial charge in [0.05, 0.1) is 23.4 Å². The third kappa shape index (κ3) is 14.2. The molecule has 0 amide bonds. The number of alkyl halides is 18. The highest BCUT2D eigenvalue weighted by atomic mass is 32.2. The van der Waals surface area contributed by atoms with Crippen molar-refractivity contribution in [3.05, 3.63) is 0 Å². The molecule has 0 aromatic rings. The minimum Gasteiger partial charge on any atom is -0.378 e. The maximum Gasteiger partial charge on any atom is 0.450 e. The summed E-state index contributed by atoms with van der Waals surface area (Å²) in [6, 6.07) is 0. The van der Waals surface area contributed by atoms with Crippen molar-refractivity contribution < 1.29 is 123 Å². The Bertz CT molecular complexity index is 1740. The first-order valence-corrected chi connectivity index (χ1v) is 21.6. The molecule has 0 bridgehead atoms. The highest BCUT2D eigenvalue weighted by Gasteiger charge is 2.84. The molecule has 32 heteroatoms. The first-order valence-electron chi connectivity index (χ1n) is 18.8. The molecular weight excluding hydrogens is 990 g/mol. The molecule has 12 nitrogen and oxygen atoms in total. The summed E-state index contributed by atoms with van der Waals surface area (Å²) in [5.41, 5.74) is -8.99. The third-order valence-corrected chi connectivity index (χ3v) is 12.1. The second-order valence-corrected chi connectivity index (χ2v) is 19.9. The first kappa shape index (κ1) is 58.5. The lowest BCUT2D eigenvalue weighted by Crippen LogP contribution is -2.63. The number of hydrogen-bond acceptors (Lipinski definition) is 12. The van der Waals surface area contributed by atoms with Crippen LogP contribution in [0.2, 0.25) is 0 Å². The van der Waals surface area contributed by atoms with Crippen molar-refractivity contribution in [1.82, 2.24) is 0 Å². The van der Waals surface area contributed by atoms with Gasteiger partial charge in [0.25, 0.3) is 0 Å². The first-order chi connectivity index (χ1) is 28.8. The lowest BCUT2D eigenvalue weighted by atomic mass is 9.84. The Morgan fingerprint density at radius 3 is 0.938 bits per heavy atom. The van der Waals surface area contributed by atoms with Crippen LogP contribution >= 0.6 is 0 Å². The fraction of sp³-hybridized carbons (Fsp3) is 0.939. The van der Waals surface area contributed by atoms with E-state index in [1.54, 1.807) is 0 Å². The summed E-state index contributed by atoms with van der Waals surface area (Å²) in [5.74, 6) is -3.60. The van der Waals surface area contributed by atoms with Gasteiger partial charge >= 0.3 is 67.2 Å². The van der Waals surface area contributed by atoms with Crippen LogP contribution in [0, 0.1) is 11.8 Å². The lowest BCUT2D eigenvalue weighted by molar-refractivity contribution is -0.376. The van der Waals surface area contributed by atoms with Crippen molar-refractivity contribution in [2.45, 2.75) is 170 Å². The zero-order valence-electron chi connectivity index (χ0n) is 34.7. The normalized spacial score (nSPS) is 24.3. The quantitative estimate of drug-likeness (QED) is 0.0562. The Kier molecular flexibility index (Phi) is 17.8. The molecule has 0 heterocycles. The van der Waals surface area contributed by atoms with Crippen LogP contribution in [0.5, 0.6) is 0 Å². The number of nitrogens with zero attached hydrogens (tertiary/aromatic N) is 2. The van der Waals surface area contributed by atoms with Crippen LogP contribution in [0.1, 0.15) is 99.3 Å². The third-order valence-electron chi connectivity index (χ3n) is 9.20. The molecule has 2 saturated carbocycles. The molecule has 65 heavy (non-hydrogen) atoms. The molecule has 384 valence electrons. The van der Waals surface area contributed by atoms with Crippen molar-refractivity contribution in [2.24, 2.45) is 22.1 Å². The van der Waals surface area contributed by atoms with E-state index >= 15 is 0 Å². The van der Waals surface area contributed by atoms with Gasteiger partial charge in [-0.25, -0.2) is 8.78 Å². The van der Waals surface area contributed by atoms with E-state index in [0.29, 0.717) is 41.5 Å². The highest BCUT2D eigenvalue weighted by Crippen LogP contribution is 2.53. The number of ether oxygens (including phenoxy) is 4. The molecule has 0 spiro atoms. The molecule has 0 saturated heterocycles. The van der Waals surface area contributed by atoms with E-state index in [2.05, 4.69) is 28.4 Å². The van der Waals surface area contributed by atoms with E-state index in [1.165, 1.54) is 0 Å². The molecule has 0 aromatic carbocycles. The molecule has 2 rings (SSSR count). The number of rotatable bonds is 18. The predicted octanol–water partition coefficient (Wildman–Crippen LogP) is 10.3. The SMILES string of the molecule is CC(C)(C)OC(F)(F)C(F)(C(F)(F)F)S(=O)(=O)O/N=C(/C1CCC(OCCCOC2CCC(/C(=N/OS(=O)(=O)C(F)(C(F)(F)F)C(F)(F)OC(C)(C)C)C(F)(F)F)CC2)CC1)C(F)(F)F. The van der Waals surface area contributed by atoms with Crippen molar-refractivity contribution in [2.75, 3.05) is 13.2 Å². The summed E-state index contributed by atoms with van der Waals surface area (Å²) in [6.45, 7) is 3.83. The lowest BCUT2D eigenvalue weighted by Gasteiger charge is -2.35. The van der Waals surface area contributed by atoms with Gasteiger partial charge in [-0.15, -0.1) is 0 Å². The second-order valence-electron chi connectivity index (χ2n) is 16.7. The average Bonchev–Trinajstić information content (AvgIpc) is 3.07. The zero-order valence-corrected chi connectivity index (χ0v) is 36.3. The largest absolute Gasteiger partial charge is 0.450 e. The molecule has 2 atom stereocenters. The van der Waals surface area contributed by atoms with E-state index in [9.17, 15) is 95.9 Å². The van der Waals surface area contributed by atoms with Crippen LogP contribution in [0.25, 0.3) is 0 Å². The Hall–Kier alpha value is -2.58. The van der Waals surface area contributed by atoms with Crippen LogP contribution in [0.3, 0.4) is 0 Å². The second kappa shape index (κ2) is 19.8. The van der Waals surface area contributed by atoms with Gasteiger partial charge in [-0.3, -0.25) is 8.57 Å². The van der Waals surface area contributed by atoms with Crippen LogP contribution in [0.4, 0.5) is 79.0 Å². The Labute approximate surface area is 359 Å². The van der Waals surface area contributed by atoms with E-state index in [-0.39, 0.29) is 45.3 Å². The van der Waals surface area contributed by atoms with Crippen LogP contribution in [-0.4, -0.2) is 112 Å². The van der Waals surface area contributed by atoms with Gasteiger partial charge in [0.1, 0.15) is 0 Å². The Balaban J connectivity index is 2.01. The number of halogens is 18. The van der Waals surface area contributed by atoms with Crippen LogP contribution < -0.4 is 0 Å². The highest BCUT2D eigenvalue weighted by molar-refractivity contribution is 7.88. The smallest absolute Gasteiger partial charge is 0.378 e. The predicted molar refractivity (Wildman–Crippen MR) is 186 cm³/mol. The molecular formula is C33H44F18N2O10S2. The van der Waals surface area contributed by atoms with Gasteiger partial charge in [-0.1, -0.05) is 10.3 Å². The van der Waals surface area contributed by atoms with E-state index in [1.807, 2.05) is 0 Å². The molecule has 0 radical (unpaired) electrons. The summed E-state index contributed by atoms with van der Waals surface area (Å²) in [4.78, 5) is 0. The standard InChI is InChI=1S/C33H44F18N2O10S2/c1-24(2,3)60-32(48,49)28(40,30(42,43)44)64(54,55)62-52-22(26(34,35)36)18-8-12-20(13-9-18)58-16-7-17-59-21-14-10-19(11-15-21)23(27(37,38)39)53-63-65(56,57)29(41,31(45,46)47)33(50,51)61-25(4,5)6/h18-21H,7-17H2,1-6H3/b52-22-,53-23-. The average molecular weight is 1030 g/mol. The van der Waals surface area contributed by atoms with Gasteiger partial charge in [0, 0.05) is 25.0 Å². The molecule has 2 unspecified atom stereocenters. The maximum atomic E-state index is 15.0. The Morgan fingerprint density at radius 2 is 0.723 bits per heavy atom. The Morgan fingerprint density at radius 1 is 0.462 bits per heavy atom. The van der Waals surface area contributed by atoms with Crippen LogP contribution in [0.15, 0.2) is 10.3 Å². The van der Waals surface area contributed by atoms with Crippen LogP contribution in [-0.2, 0) is 47.8 Å². The molecule has 2 aliphatic rings. The van der Waals surface area contributed by atoms with Gasteiger partial charge in [-0.05, 0) is 99.3 Å². The minimum absolute atomic E-state index is 0.0449. The zero-order chi connectivity index (χ0) is 50.9. The molecule has 0 N–H and O–H groups in total. The van der Waals surface area contributed by atoms with Crippen molar-refractivity contribution >= 4 is 31.7 Å². The van der Waals surface area contributed by atoms with Crippen molar-refractivity contribution in [3.8, 4) is 0 Å². The van der Waals surface area contributed by atoms with Gasteiger partial charge in [-0.2, -0.15) is 87.1 Å². The fourth-order valence-electron chi connectivity index (χ4n) is 6.37. The molecule has 2 aliphatic carbocycles. The van der Waals surface area contributed by atoms with E-state index < -0.39 is 140 Å². The topological polar surface area (TPSA) is 148 Å². The number of oxime groups is 2. The molecule has 0 aliphatic heterocycles. The summed E-state index contributed by atoms with van der Waals surface area (Å²) in [6.07, 6.45) is -42.4. The summed E-state index contributed by atoms with van der Waals surface area (Å²) < 4.78 is 326. The maximum absolute atomic E-state index is 15.0. The summed E-state index contributed by atoms with van der Waals surface area (Å²) in [5, 5.41) is -9.13. The molecule has 0 aromatic heterocycles. The molecule has 2 fully saturated rings. The van der Waals surface area contributed by atoms with E-state index in [0.717, 1.165) is 0 Å². The monoisotopic (exact) mass is 1030 g/mol. The van der Waals surface area contributed by atoms with Crippen molar-refractivity contribution in [3.63, 3.8) is 0 Å². The summed E-state index contributed by atoms with van der Waals surface area (Å²) >= 11 is 0. The van der Waals surface area contributed by atoms with E-state index in [4.69, 9.17) is 9.47 Å². The fourth-order valence-corrected chi connectivity index (χ4v) is 8.16. The van der Waals surface area contributed by atoms with Gasteiger partial charge in [0.2, 0.25) is 0 Å². The minimum atomic E-state index is -7.41.